The SMILES string of the molecule is C=C=C(CCc1ccc(OC)cc1)c1ccsc1. The van der Waals surface area contributed by atoms with Gasteiger partial charge in [0.05, 0.1) is 7.11 Å². The summed E-state index contributed by atoms with van der Waals surface area (Å²) in [6, 6.07) is 10.3. The second-order valence-electron chi connectivity index (χ2n) is 4.02. The van der Waals surface area contributed by atoms with Crippen molar-refractivity contribution in [3.05, 3.63) is 64.5 Å². The fourth-order valence-corrected chi connectivity index (χ4v) is 2.50. The quantitative estimate of drug-likeness (QED) is 0.713. The van der Waals surface area contributed by atoms with E-state index < -0.39 is 0 Å². The third kappa shape index (κ3) is 3.13. The molecule has 0 unspecified atom stereocenters. The van der Waals surface area contributed by atoms with Crippen molar-refractivity contribution in [1.29, 1.82) is 0 Å². The molecule has 0 spiro atoms. The van der Waals surface area contributed by atoms with E-state index in [1.807, 2.05) is 12.1 Å². The third-order valence-electron chi connectivity index (χ3n) is 2.91. The van der Waals surface area contributed by atoms with E-state index in [9.17, 15) is 0 Å². The highest BCUT2D eigenvalue weighted by molar-refractivity contribution is 7.08. The molecule has 1 nitrogen and oxygen atoms in total. The molecule has 0 atom stereocenters. The molecule has 0 N–H and O–H groups in total. The highest BCUT2D eigenvalue weighted by atomic mass is 32.1. The molecule has 0 aliphatic carbocycles. The average molecular weight is 256 g/mol. The van der Waals surface area contributed by atoms with Gasteiger partial charge in [-0.2, -0.15) is 11.3 Å². The van der Waals surface area contributed by atoms with Crippen LogP contribution in [0.2, 0.25) is 0 Å². The van der Waals surface area contributed by atoms with Crippen LogP contribution in [-0.2, 0) is 6.42 Å². The Hall–Kier alpha value is -1.76. The summed E-state index contributed by atoms with van der Waals surface area (Å²) in [5.74, 6) is 0.899. The maximum atomic E-state index is 5.15. The molecule has 2 rings (SSSR count). The lowest BCUT2D eigenvalue weighted by Gasteiger charge is -2.05. The molecule has 0 aliphatic heterocycles. The lowest BCUT2D eigenvalue weighted by molar-refractivity contribution is 0.414. The van der Waals surface area contributed by atoms with E-state index in [2.05, 4.69) is 41.3 Å². The van der Waals surface area contributed by atoms with Crippen molar-refractivity contribution in [3.8, 4) is 5.75 Å². The van der Waals surface area contributed by atoms with Gasteiger partial charge in [-0.05, 0) is 52.9 Å². The summed E-state index contributed by atoms with van der Waals surface area (Å²) < 4.78 is 5.15. The summed E-state index contributed by atoms with van der Waals surface area (Å²) in [6.45, 7) is 3.78. The van der Waals surface area contributed by atoms with Crippen molar-refractivity contribution >= 4 is 16.9 Å². The lowest BCUT2D eigenvalue weighted by atomic mass is 10.0. The van der Waals surface area contributed by atoms with Gasteiger partial charge in [-0.1, -0.05) is 18.7 Å². The summed E-state index contributed by atoms with van der Waals surface area (Å²) in [6.07, 6.45) is 1.96. The predicted molar refractivity (Wildman–Crippen MR) is 78.2 cm³/mol. The van der Waals surface area contributed by atoms with E-state index in [-0.39, 0.29) is 0 Å². The topological polar surface area (TPSA) is 9.23 Å². The minimum absolute atomic E-state index is 0.899. The van der Waals surface area contributed by atoms with E-state index >= 15 is 0 Å². The fraction of sp³-hybridized carbons (Fsp3) is 0.188. The maximum Gasteiger partial charge on any atom is 0.118 e. The Morgan fingerprint density at radius 1 is 1.28 bits per heavy atom. The lowest BCUT2D eigenvalue weighted by Crippen LogP contribution is -1.89. The Kier molecular flexibility index (Phi) is 4.40. The highest BCUT2D eigenvalue weighted by Crippen LogP contribution is 2.22. The first-order chi connectivity index (χ1) is 8.83. The van der Waals surface area contributed by atoms with Gasteiger partial charge in [-0.3, -0.25) is 0 Å². The number of benzene rings is 1. The van der Waals surface area contributed by atoms with Crippen LogP contribution < -0.4 is 4.74 Å². The number of allylic oxidation sites excluding steroid dienone is 1. The average Bonchev–Trinajstić information content (AvgIpc) is 2.94. The number of methoxy groups -OCH3 is 1. The molecule has 0 amide bonds. The Morgan fingerprint density at radius 2 is 2.06 bits per heavy atom. The first kappa shape index (κ1) is 12.7. The second kappa shape index (κ2) is 6.25. The molecule has 0 radical (unpaired) electrons. The number of ether oxygens (including phenoxy) is 1. The Bertz CT molecular complexity index is 531. The van der Waals surface area contributed by atoms with Crippen LogP contribution in [0.1, 0.15) is 17.5 Å². The van der Waals surface area contributed by atoms with E-state index in [1.165, 1.54) is 16.7 Å². The zero-order chi connectivity index (χ0) is 12.8. The summed E-state index contributed by atoms with van der Waals surface area (Å²) in [5.41, 5.74) is 6.78. The molecule has 18 heavy (non-hydrogen) atoms. The molecule has 0 aliphatic rings. The van der Waals surface area contributed by atoms with Gasteiger partial charge in [0, 0.05) is 5.57 Å². The zero-order valence-corrected chi connectivity index (χ0v) is 11.3. The van der Waals surface area contributed by atoms with Crippen LogP contribution in [0.3, 0.4) is 0 Å². The van der Waals surface area contributed by atoms with Gasteiger partial charge in [-0.15, -0.1) is 5.73 Å². The van der Waals surface area contributed by atoms with Crippen molar-refractivity contribution in [2.45, 2.75) is 12.8 Å². The van der Waals surface area contributed by atoms with Crippen LogP contribution in [0.4, 0.5) is 0 Å². The Balaban J connectivity index is 2.00. The summed E-state index contributed by atoms with van der Waals surface area (Å²) in [7, 11) is 1.68. The largest absolute Gasteiger partial charge is 0.497 e. The van der Waals surface area contributed by atoms with Gasteiger partial charge in [-0.25, -0.2) is 0 Å². The van der Waals surface area contributed by atoms with Crippen molar-refractivity contribution in [1.82, 2.24) is 0 Å². The minimum atomic E-state index is 0.899. The highest BCUT2D eigenvalue weighted by Gasteiger charge is 2.02. The summed E-state index contributed by atoms with van der Waals surface area (Å²) >= 11 is 1.70. The van der Waals surface area contributed by atoms with Gasteiger partial charge in [0.1, 0.15) is 5.75 Å². The molecule has 0 bridgehead atoms. The van der Waals surface area contributed by atoms with E-state index in [0.717, 1.165) is 18.6 Å². The van der Waals surface area contributed by atoms with Crippen LogP contribution in [0, 0.1) is 0 Å². The first-order valence-corrected chi connectivity index (χ1v) is 6.82. The number of rotatable bonds is 5. The smallest absolute Gasteiger partial charge is 0.118 e. The van der Waals surface area contributed by atoms with Crippen LogP contribution >= 0.6 is 11.3 Å². The molecule has 0 fully saturated rings. The molecular formula is C16H16OS. The summed E-state index contributed by atoms with van der Waals surface area (Å²) in [5, 5.41) is 4.22. The molecule has 1 aromatic heterocycles. The van der Waals surface area contributed by atoms with Crippen LogP contribution in [0.15, 0.2) is 53.4 Å². The minimum Gasteiger partial charge on any atom is -0.497 e. The number of hydrogen-bond donors (Lipinski definition) is 0. The maximum absolute atomic E-state index is 5.15. The number of hydrogen-bond acceptors (Lipinski definition) is 2. The first-order valence-electron chi connectivity index (χ1n) is 5.88. The van der Waals surface area contributed by atoms with Gasteiger partial charge in [0.15, 0.2) is 0 Å². The van der Waals surface area contributed by atoms with Crippen molar-refractivity contribution in [2.24, 2.45) is 0 Å². The van der Waals surface area contributed by atoms with Gasteiger partial charge < -0.3 is 4.74 Å². The predicted octanol–water partition coefficient (Wildman–Crippen LogP) is 4.56. The normalized spacial score (nSPS) is 9.83. The van der Waals surface area contributed by atoms with Crippen LogP contribution in [0.25, 0.3) is 5.57 Å². The molecular weight excluding hydrogens is 240 g/mol. The van der Waals surface area contributed by atoms with Gasteiger partial charge in [0.25, 0.3) is 0 Å². The van der Waals surface area contributed by atoms with Crippen LogP contribution in [-0.4, -0.2) is 7.11 Å². The monoisotopic (exact) mass is 256 g/mol. The Labute approximate surface area is 112 Å². The van der Waals surface area contributed by atoms with E-state index in [0.29, 0.717) is 0 Å². The zero-order valence-electron chi connectivity index (χ0n) is 10.5. The molecule has 0 saturated heterocycles. The molecule has 2 aromatic rings. The molecule has 0 saturated carbocycles. The standard InChI is InChI=1S/C16H16OS/c1-3-14(15-10-11-18-12-15)7-4-13-5-8-16(17-2)9-6-13/h5-6,8-12H,1,4,7H2,2H3. The fourth-order valence-electron chi connectivity index (χ4n) is 1.83. The van der Waals surface area contributed by atoms with Crippen molar-refractivity contribution < 1.29 is 4.74 Å². The van der Waals surface area contributed by atoms with E-state index in [4.69, 9.17) is 4.74 Å². The molecule has 92 valence electrons. The third-order valence-corrected chi connectivity index (χ3v) is 3.59. The summed E-state index contributed by atoms with van der Waals surface area (Å²) in [4.78, 5) is 0. The van der Waals surface area contributed by atoms with Crippen LogP contribution in [0.5, 0.6) is 5.75 Å². The van der Waals surface area contributed by atoms with Gasteiger partial charge in [0.2, 0.25) is 0 Å². The molecule has 2 heteroatoms. The van der Waals surface area contributed by atoms with Crippen molar-refractivity contribution in [3.63, 3.8) is 0 Å². The van der Waals surface area contributed by atoms with E-state index in [1.54, 1.807) is 18.4 Å². The van der Waals surface area contributed by atoms with Crippen molar-refractivity contribution in [2.75, 3.05) is 7.11 Å². The van der Waals surface area contributed by atoms with Gasteiger partial charge >= 0.3 is 0 Å². The second-order valence-corrected chi connectivity index (χ2v) is 4.80. The molecule has 1 aromatic carbocycles. The Morgan fingerprint density at radius 3 is 2.61 bits per heavy atom. The number of aryl methyl sites for hydroxylation is 1. The number of thiophene rings is 1. The molecule has 1 heterocycles.